The lowest BCUT2D eigenvalue weighted by atomic mass is 9.91. The molecule has 1 fully saturated rings. The summed E-state index contributed by atoms with van der Waals surface area (Å²) >= 11 is 12.3. The molecule has 2 unspecified atom stereocenters. The monoisotopic (exact) mass is 363 g/mol. The number of carboxylic acid groups (broad SMARTS) is 1. The zero-order chi connectivity index (χ0) is 17.1. The van der Waals surface area contributed by atoms with Gasteiger partial charge in [-0.05, 0) is 42.6 Å². The van der Waals surface area contributed by atoms with Gasteiger partial charge in [0.25, 0.3) is 0 Å². The van der Waals surface area contributed by atoms with Gasteiger partial charge in [0, 0.05) is 6.54 Å². The van der Waals surface area contributed by atoms with Gasteiger partial charge in [-0.1, -0.05) is 59.6 Å². The van der Waals surface area contributed by atoms with Crippen molar-refractivity contribution in [1.29, 1.82) is 0 Å². The highest BCUT2D eigenvalue weighted by Gasteiger charge is 2.31. The van der Waals surface area contributed by atoms with E-state index in [9.17, 15) is 9.90 Å². The number of likely N-dealkylation sites (tertiary alicyclic amines) is 1. The first-order chi connectivity index (χ1) is 11.6. The van der Waals surface area contributed by atoms with Crippen molar-refractivity contribution in [3.05, 3.63) is 69.7 Å². The number of carbonyl (C=O) groups is 1. The molecule has 0 radical (unpaired) electrons. The average molecular weight is 364 g/mol. The molecule has 0 saturated carbocycles. The van der Waals surface area contributed by atoms with Gasteiger partial charge in [-0.3, -0.25) is 9.69 Å². The van der Waals surface area contributed by atoms with E-state index in [2.05, 4.69) is 17.0 Å². The third-order valence-corrected chi connectivity index (χ3v) is 5.28. The van der Waals surface area contributed by atoms with Gasteiger partial charge in [0.15, 0.2) is 0 Å². The molecule has 1 aliphatic heterocycles. The van der Waals surface area contributed by atoms with Gasteiger partial charge in [-0.2, -0.15) is 0 Å². The Labute approximate surface area is 151 Å². The first kappa shape index (κ1) is 17.3. The molecule has 0 aromatic heterocycles. The second-order valence-electron chi connectivity index (χ2n) is 6.16. The molecule has 3 rings (SSSR count). The molecule has 2 aromatic rings. The Morgan fingerprint density at radius 1 is 1.08 bits per heavy atom. The molecule has 1 heterocycles. The van der Waals surface area contributed by atoms with E-state index in [4.69, 9.17) is 23.2 Å². The summed E-state index contributed by atoms with van der Waals surface area (Å²) in [7, 11) is 0. The summed E-state index contributed by atoms with van der Waals surface area (Å²) < 4.78 is 0. The fourth-order valence-electron chi connectivity index (χ4n) is 3.37. The van der Waals surface area contributed by atoms with Gasteiger partial charge in [0.2, 0.25) is 0 Å². The average Bonchev–Trinajstić information content (AvgIpc) is 2.59. The van der Waals surface area contributed by atoms with Crippen LogP contribution >= 0.6 is 23.2 Å². The van der Waals surface area contributed by atoms with Crippen LogP contribution < -0.4 is 0 Å². The van der Waals surface area contributed by atoms with Crippen LogP contribution in [0.3, 0.4) is 0 Å². The molecule has 1 N–H and O–H groups in total. The summed E-state index contributed by atoms with van der Waals surface area (Å²) in [4.78, 5) is 13.7. The highest BCUT2D eigenvalue weighted by Crippen LogP contribution is 2.35. The van der Waals surface area contributed by atoms with Crippen LogP contribution in [-0.4, -0.2) is 29.1 Å². The number of hydrogen-bond acceptors (Lipinski definition) is 2. The van der Waals surface area contributed by atoms with Crippen LogP contribution in [0.1, 0.15) is 30.0 Å². The van der Waals surface area contributed by atoms with Crippen LogP contribution in [0, 0.1) is 5.92 Å². The van der Waals surface area contributed by atoms with E-state index in [-0.39, 0.29) is 12.0 Å². The molecule has 0 bridgehead atoms. The zero-order valence-corrected chi connectivity index (χ0v) is 14.7. The van der Waals surface area contributed by atoms with Gasteiger partial charge in [0.1, 0.15) is 0 Å². The Bertz CT molecular complexity index is 721. The topological polar surface area (TPSA) is 40.5 Å². The third-order valence-electron chi connectivity index (χ3n) is 4.54. The van der Waals surface area contributed by atoms with Gasteiger partial charge in [-0.15, -0.1) is 0 Å². The smallest absolute Gasteiger partial charge is 0.307 e. The van der Waals surface area contributed by atoms with Crippen molar-refractivity contribution in [1.82, 2.24) is 4.90 Å². The van der Waals surface area contributed by atoms with Crippen molar-refractivity contribution in [3.63, 3.8) is 0 Å². The number of benzene rings is 2. The van der Waals surface area contributed by atoms with Crippen molar-refractivity contribution in [3.8, 4) is 0 Å². The van der Waals surface area contributed by atoms with E-state index in [1.165, 1.54) is 0 Å². The third kappa shape index (κ3) is 3.75. The maximum atomic E-state index is 11.4. The fraction of sp³-hybridized carbons (Fsp3) is 0.316. The Morgan fingerprint density at radius 3 is 2.50 bits per heavy atom. The summed E-state index contributed by atoms with van der Waals surface area (Å²) in [5.74, 6) is -1.05. The molecular formula is C19H19Cl2NO2. The predicted molar refractivity (Wildman–Crippen MR) is 96.7 cm³/mol. The minimum absolute atomic E-state index is 0.0249. The van der Waals surface area contributed by atoms with Gasteiger partial charge >= 0.3 is 5.97 Å². The molecule has 2 aromatic carbocycles. The lowest BCUT2D eigenvalue weighted by Gasteiger charge is -2.37. The molecule has 0 aliphatic carbocycles. The number of hydrogen-bond donors (Lipinski definition) is 1. The van der Waals surface area contributed by atoms with E-state index >= 15 is 0 Å². The molecule has 0 amide bonds. The standard InChI is InChI=1S/C19H19Cl2NO2/c20-16-9-8-14(11-17(16)21)18(13-5-2-1-3-6-13)22-10-4-7-15(12-22)19(23)24/h1-3,5-6,8-9,11,15,18H,4,7,10,12H2,(H,23,24). The highest BCUT2D eigenvalue weighted by molar-refractivity contribution is 6.42. The molecule has 126 valence electrons. The van der Waals surface area contributed by atoms with E-state index in [0.29, 0.717) is 16.6 Å². The van der Waals surface area contributed by atoms with Crippen molar-refractivity contribution in [2.75, 3.05) is 13.1 Å². The van der Waals surface area contributed by atoms with Crippen LogP contribution in [0.5, 0.6) is 0 Å². The predicted octanol–water partition coefficient (Wildman–Crippen LogP) is 4.88. The molecule has 1 aliphatic rings. The molecule has 2 atom stereocenters. The normalized spacial score (nSPS) is 19.8. The van der Waals surface area contributed by atoms with E-state index < -0.39 is 5.97 Å². The number of aliphatic carboxylic acids is 1. The molecular weight excluding hydrogens is 345 g/mol. The Kier molecular flexibility index (Phi) is 5.44. The van der Waals surface area contributed by atoms with Crippen LogP contribution in [0.25, 0.3) is 0 Å². The van der Waals surface area contributed by atoms with Gasteiger partial charge in [-0.25, -0.2) is 0 Å². The molecule has 1 saturated heterocycles. The summed E-state index contributed by atoms with van der Waals surface area (Å²) in [6.07, 6.45) is 1.61. The number of halogens is 2. The summed E-state index contributed by atoms with van der Waals surface area (Å²) in [6, 6.07) is 15.7. The minimum atomic E-state index is -0.722. The number of piperidine rings is 1. The maximum absolute atomic E-state index is 11.4. The maximum Gasteiger partial charge on any atom is 0.307 e. The lowest BCUT2D eigenvalue weighted by Crippen LogP contribution is -2.41. The van der Waals surface area contributed by atoms with E-state index in [0.717, 1.165) is 30.5 Å². The Hall–Kier alpha value is -1.55. The van der Waals surface area contributed by atoms with Crippen molar-refractivity contribution >= 4 is 29.2 Å². The Morgan fingerprint density at radius 2 is 1.83 bits per heavy atom. The molecule has 24 heavy (non-hydrogen) atoms. The lowest BCUT2D eigenvalue weighted by molar-refractivity contribution is -0.143. The SMILES string of the molecule is O=C(O)C1CCCN(C(c2ccccc2)c2ccc(Cl)c(Cl)c2)C1. The Balaban J connectivity index is 1.99. The summed E-state index contributed by atoms with van der Waals surface area (Å²) in [6.45, 7) is 1.40. The number of carboxylic acids is 1. The van der Waals surface area contributed by atoms with Gasteiger partial charge in [0.05, 0.1) is 22.0 Å². The van der Waals surface area contributed by atoms with Crippen molar-refractivity contribution in [2.45, 2.75) is 18.9 Å². The molecule has 0 spiro atoms. The summed E-state index contributed by atoms with van der Waals surface area (Å²) in [5, 5.41) is 10.4. The first-order valence-corrected chi connectivity index (χ1v) is 8.78. The zero-order valence-electron chi connectivity index (χ0n) is 13.2. The quantitative estimate of drug-likeness (QED) is 0.841. The minimum Gasteiger partial charge on any atom is -0.481 e. The summed E-state index contributed by atoms with van der Waals surface area (Å²) in [5.41, 5.74) is 2.16. The second-order valence-corrected chi connectivity index (χ2v) is 6.97. The van der Waals surface area contributed by atoms with Gasteiger partial charge < -0.3 is 5.11 Å². The van der Waals surface area contributed by atoms with Crippen molar-refractivity contribution < 1.29 is 9.90 Å². The number of rotatable bonds is 4. The van der Waals surface area contributed by atoms with E-state index in [1.807, 2.05) is 30.3 Å². The van der Waals surface area contributed by atoms with E-state index in [1.54, 1.807) is 6.07 Å². The van der Waals surface area contributed by atoms with Crippen LogP contribution in [0.2, 0.25) is 10.0 Å². The van der Waals surface area contributed by atoms with Crippen LogP contribution in [-0.2, 0) is 4.79 Å². The first-order valence-electron chi connectivity index (χ1n) is 8.03. The fourth-order valence-corrected chi connectivity index (χ4v) is 3.68. The highest BCUT2D eigenvalue weighted by atomic mass is 35.5. The van der Waals surface area contributed by atoms with Crippen LogP contribution in [0.4, 0.5) is 0 Å². The second kappa shape index (κ2) is 7.56. The largest absolute Gasteiger partial charge is 0.481 e. The van der Waals surface area contributed by atoms with Crippen LogP contribution in [0.15, 0.2) is 48.5 Å². The van der Waals surface area contributed by atoms with Crippen molar-refractivity contribution in [2.24, 2.45) is 5.92 Å². The number of nitrogens with zero attached hydrogens (tertiary/aromatic N) is 1. The molecule has 3 nitrogen and oxygen atoms in total. The molecule has 5 heteroatoms.